The first-order chi connectivity index (χ1) is 14.9. The summed E-state index contributed by atoms with van der Waals surface area (Å²) in [5.41, 5.74) is 1.51. The normalized spacial score (nSPS) is 23.0. The number of fused-ring (bicyclic) bond motifs is 1. The fourth-order valence-electron chi connectivity index (χ4n) is 3.87. The van der Waals surface area contributed by atoms with Crippen LogP contribution >= 0.6 is 11.8 Å². The number of benzene rings is 2. The van der Waals surface area contributed by atoms with Crippen LogP contribution in [0.15, 0.2) is 53.5 Å². The molecule has 2 aromatic carbocycles. The molecule has 2 saturated heterocycles. The smallest absolute Gasteiger partial charge is 0.279 e. The Hall–Kier alpha value is -2.52. The Morgan fingerprint density at radius 3 is 2.42 bits per heavy atom. The van der Waals surface area contributed by atoms with Crippen molar-refractivity contribution in [2.24, 2.45) is 4.99 Å². The average molecular weight is 461 g/mol. The molecule has 2 aliphatic heterocycles. The van der Waals surface area contributed by atoms with E-state index in [-0.39, 0.29) is 22.8 Å². The maximum absolute atomic E-state index is 12.9. The van der Waals surface area contributed by atoms with Crippen LogP contribution in [0.1, 0.15) is 15.9 Å². The van der Waals surface area contributed by atoms with Crippen molar-refractivity contribution in [1.29, 1.82) is 0 Å². The summed E-state index contributed by atoms with van der Waals surface area (Å²) >= 11 is 1.38. The number of hydrogen-bond donors (Lipinski definition) is 0. The first-order valence-corrected chi connectivity index (χ1v) is 12.6. The summed E-state index contributed by atoms with van der Waals surface area (Å²) in [5, 5.41) is 0.472. The fraction of sp³-hybridized carbons (Fsp3) is 0.364. The molecule has 4 rings (SSSR count). The zero-order valence-corrected chi connectivity index (χ0v) is 19.0. The van der Waals surface area contributed by atoms with Crippen molar-refractivity contribution in [3.63, 3.8) is 0 Å². The summed E-state index contributed by atoms with van der Waals surface area (Å²) in [6.07, 6.45) is 0.741. The number of methoxy groups -OCH3 is 2. The Labute approximate surface area is 186 Å². The quantitative estimate of drug-likeness (QED) is 0.655. The topological polar surface area (TPSA) is 85.3 Å². The Morgan fingerprint density at radius 1 is 1.10 bits per heavy atom. The van der Waals surface area contributed by atoms with E-state index in [1.807, 2.05) is 35.2 Å². The fourth-order valence-corrected chi connectivity index (χ4v) is 7.85. The van der Waals surface area contributed by atoms with E-state index in [0.29, 0.717) is 28.8 Å². The van der Waals surface area contributed by atoms with Crippen molar-refractivity contribution in [2.75, 3.05) is 32.3 Å². The molecule has 2 atom stereocenters. The average Bonchev–Trinajstić information content (AvgIpc) is 3.23. The summed E-state index contributed by atoms with van der Waals surface area (Å²) in [4.78, 5) is 19.3. The van der Waals surface area contributed by atoms with Crippen LogP contribution in [0.4, 0.5) is 0 Å². The first kappa shape index (κ1) is 21.7. The van der Waals surface area contributed by atoms with Crippen LogP contribution in [0, 0.1) is 0 Å². The summed E-state index contributed by atoms with van der Waals surface area (Å²) < 4.78 is 34.9. The molecule has 0 unspecified atom stereocenters. The van der Waals surface area contributed by atoms with Gasteiger partial charge in [0.25, 0.3) is 5.91 Å². The van der Waals surface area contributed by atoms with Gasteiger partial charge in [-0.25, -0.2) is 8.42 Å². The molecule has 0 spiro atoms. The van der Waals surface area contributed by atoms with Crippen LogP contribution in [0.25, 0.3) is 0 Å². The minimum absolute atomic E-state index is 0.0969. The standard InChI is InChI=1S/C22H24N2O5S2/c1-28-17-10-16(11-18(12-17)29-2)21(25)23-22-24(9-8-15-6-4-3-5-7-15)19-13-31(26,27)14-20(19)30-22/h3-7,10-12,19-20H,8-9,13-14H2,1-2H3/t19-,20+/m0/s1. The van der Waals surface area contributed by atoms with E-state index >= 15 is 0 Å². The summed E-state index contributed by atoms with van der Waals surface area (Å²) in [7, 11) is -0.0339. The molecule has 0 saturated carbocycles. The van der Waals surface area contributed by atoms with Crippen LogP contribution in [-0.4, -0.2) is 68.0 Å². The van der Waals surface area contributed by atoms with E-state index in [0.717, 1.165) is 12.0 Å². The van der Waals surface area contributed by atoms with Crippen LogP contribution < -0.4 is 9.47 Å². The second-order valence-corrected chi connectivity index (χ2v) is 10.9. The van der Waals surface area contributed by atoms with E-state index in [9.17, 15) is 13.2 Å². The molecule has 9 heteroatoms. The number of amides is 1. The predicted octanol–water partition coefficient (Wildman–Crippen LogP) is 2.66. The molecule has 31 heavy (non-hydrogen) atoms. The predicted molar refractivity (Wildman–Crippen MR) is 122 cm³/mol. The number of ether oxygens (including phenoxy) is 2. The van der Waals surface area contributed by atoms with Gasteiger partial charge in [0.2, 0.25) is 0 Å². The van der Waals surface area contributed by atoms with Crippen molar-refractivity contribution in [2.45, 2.75) is 17.7 Å². The summed E-state index contributed by atoms with van der Waals surface area (Å²) in [6.45, 7) is 0.598. The number of carbonyl (C=O) groups excluding carboxylic acids is 1. The van der Waals surface area contributed by atoms with Gasteiger partial charge in [0, 0.05) is 23.4 Å². The molecule has 2 aliphatic rings. The lowest BCUT2D eigenvalue weighted by molar-refractivity contribution is 0.100. The molecule has 0 bridgehead atoms. The number of nitrogens with zero attached hydrogens (tertiary/aromatic N) is 2. The van der Waals surface area contributed by atoms with E-state index in [4.69, 9.17) is 9.47 Å². The van der Waals surface area contributed by atoms with Crippen molar-refractivity contribution in [1.82, 2.24) is 4.90 Å². The van der Waals surface area contributed by atoms with Gasteiger partial charge in [0.1, 0.15) is 11.5 Å². The third kappa shape index (κ3) is 4.88. The maximum Gasteiger partial charge on any atom is 0.279 e. The number of rotatable bonds is 6. The molecule has 0 aromatic heterocycles. The third-order valence-electron chi connectivity index (χ3n) is 5.45. The Balaban J connectivity index is 1.60. The Morgan fingerprint density at radius 2 is 1.77 bits per heavy atom. The first-order valence-electron chi connectivity index (χ1n) is 9.92. The number of thioether (sulfide) groups is 1. The zero-order chi connectivity index (χ0) is 22.0. The molecular formula is C22H24N2O5S2. The van der Waals surface area contributed by atoms with E-state index in [1.54, 1.807) is 18.2 Å². The Kier molecular flexibility index (Phi) is 6.24. The summed E-state index contributed by atoms with van der Waals surface area (Å²) in [6, 6.07) is 14.8. The van der Waals surface area contributed by atoms with Gasteiger partial charge in [-0.3, -0.25) is 4.79 Å². The molecule has 1 amide bonds. The van der Waals surface area contributed by atoms with Gasteiger partial charge in [-0.05, 0) is 24.1 Å². The minimum Gasteiger partial charge on any atom is -0.497 e. The second-order valence-electron chi connectivity index (χ2n) is 7.53. The monoisotopic (exact) mass is 460 g/mol. The lowest BCUT2D eigenvalue weighted by atomic mass is 10.1. The maximum atomic E-state index is 12.9. The highest BCUT2D eigenvalue weighted by molar-refractivity contribution is 8.15. The number of hydrogen-bond acceptors (Lipinski definition) is 6. The van der Waals surface area contributed by atoms with Crippen molar-refractivity contribution in [3.05, 3.63) is 59.7 Å². The van der Waals surface area contributed by atoms with E-state index in [2.05, 4.69) is 4.99 Å². The third-order valence-corrected chi connectivity index (χ3v) is 8.70. The highest BCUT2D eigenvalue weighted by Crippen LogP contribution is 2.38. The van der Waals surface area contributed by atoms with Gasteiger partial charge in [-0.1, -0.05) is 42.1 Å². The number of aliphatic imine (C=N–C) groups is 1. The van der Waals surface area contributed by atoms with Crippen LogP contribution in [-0.2, 0) is 16.3 Å². The minimum atomic E-state index is -3.08. The molecule has 0 radical (unpaired) electrons. The lowest BCUT2D eigenvalue weighted by Crippen LogP contribution is -2.39. The van der Waals surface area contributed by atoms with Gasteiger partial charge in [0.15, 0.2) is 15.0 Å². The molecule has 7 nitrogen and oxygen atoms in total. The van der Waals surface area contributed by atoms with Gasteiger partial charge >= 0.3 is 0 Å². The lowest BCUT2D eigenvalue weighted by Gasteiger charge is -2.24. The molecule has 2 fully saturated rings. The highest BCUT2D eigenvalue weighted by atomic mass is 32.2. The number of amidine groups is 1. The number of carbonyl (C=O) groups is 1. The van der Waals surface area contributed by atoms with E-state index < -0.39 is 15.7 Å². The van der Waals surface area contributed by atoms with Gasteiger partial charge in [-0.2, -0.15) is 4.99 Å². The molecule has 0 N–H and O–H groups in total. The van der Waals surface area contributed by atoms with Crippen LogP contribution in [0.3, 0.4) is 0 Å². The largest absolute Gasteiger partial charge is 0.497 e. The molecule has 2 heterocycles. The van der Waals surface area contributed by atoms with Gasteiger partial charge < -0.3 is 14.4 Å². The van der Waals surface area contributed by atoms with Crippen molar-refractivity contribution < 1.29 is 22.7 Å². The van der Waals surface area contributed by atoms with Crippen molar-refractivity contribution >= 4 is 32.7 Å². The second kappa shape index (κ2) is 8.92. The van der Waals surface area contributed by atoms with Crippen LogP contribution in [0.5, 0.6) is 11.5 Å². The Bertz CT molecular complexity index is 1080. The molecule has 164 valence electrons. The molecule has 2 aromatic rings. The van der Waals surface area contributed by atoms with Crippen molar-refractivity contribution in [3.8, 4) is 11.5 Å². The van der Waals surface area contributed by atoms with Gasteiger partial charge in [-0.15, -0.1) is 0 Å². The number of sulfone groups is 1. The van der Waals surface area contributed by atoms with Crippen LogP contribution in [0.2, 0.25) is 0 Å². The molecular weight excluding hydrogens is 436 g/mol. The highest BCUT2D eigenvalue weighted by Gasteiger charge is 2.48. The summed E-state index contributed by atoms with van der Waals surface area (Å²) in [5.74, 6) is 0.813. The van der Waals surface area contributed by atoms with Gasteiger partial charge in [0.05, 0.1) is 31.8 Å². The van der Waals surface area contributed by atoms with E-state index in [1.165, 1.54) is 26.0 Å². The SMILES string of the molecule is COc1cc(OC)cc(C(=O)N=C2S[C@@H]3CS(=O)(=O)C[C@@H]3N2CCc2ccccc2)c1. The zero-order valence-electron chi connectivity index (χ0n) is 17.4. The molecule has 0 aliphatic carbocycles.